The molecule has 2 aromatic carbocycles. The molecule has 1 saturated heterocycles. The smallest absolute Gasteiger partial charge is 0.0368 e. The van der Waals surface area contributed by atoms with E-state index in [9.17, 15) is 0 Å². The minimum atomic E-state index is -0.373. The van der Waals surface area contributed by atoms with Crippen molar-refractivity contribution in [3.05, 3.63) is 70.8 Å². The molecule has 130 valence electrons. The molecular weight excluding hydrogens is 316 g/mol. The molecule has 3 rings (SSSR count). The Hall–Kier alpha value is -1.78. The Balaban J connectivity index is 1.60. The molecule has 0 N–H and O–H groups in total. The van der Waals surface area contributed by atoms with E-state index in [0.717, 1.165) is 23.5 Å². The van der Waals surface area contributed by atoms with Gasteiger partial charge in [0, 0.05) is 19.9 Å². The number of hydrogen-bond acceptors (Lipinski definition) is 0. The lowest BCUT2D eigenvalue weighted by molar-refractivity contribution is 0.606. The predicted octanol–water partition coefficient (Wildman–Crippen LogP) is 6.16. The summed E-state index contributed by atoms with van der Waals surface area (Å²) >= 11 is 0. The van der Waals surface area contributed by atoms with Gasteiger partial charge >= 0.3 is 0 Å². The summed E-state index contributed by atoms with van der Waals surface area (Å²) in [5.74, 6) is 7.39. The topological polar surface area (TPSA) is 0 Å². The van der Waals surface area contributed by atoms with Crippen LogP contribution in [0.25, 0.3) is 0 Å². The van der Waals surface area contributed by atoms with Gasteiger partial charge in [-0.2, -0.15) is 0 Å². The summed E-state index contributed by atoms with van der Waals surface area (Å²) in [6.07, 6.45) is 5.32. The fraction of sp³-hybridized carbons (Fsp3) is 0.417. The van der Waals surface area contributed by atoms with Gasteiger partial charge in [0.2, 0.25) is 0 Å². The van der Waals surface area contributed by atoms with Crippen LogP contribution in [0.4, 0.5) is 0 Å². The van der Waals surface area contributed by atoms with E-state index in [4.69, 9.17) is 0 Å². The molecule has 0 amide bonds. The van der Waals surface area contributed by atoms with E-state index in [1.807, 2.05) is 0 Å². The van der Waals surface area contributed by atoms with Crippen molar-refractivity contribution in [1.29, 1.82) is 0 Å². The lowest BCUT2D eigenvalue weighted by Crippen LogP contribution is -2.19. The second kappa shape index (κ2) is 9.06. The molecule has 0 bridgehead atoms. The Morgan fingerprint density at radius 1 is 0.840 bits per heavy atom. The molecule has 0 radical (unpaired) electrons. The number of aryl methyl sites for hydroxylation is 1. The summed E-state index contributed by atoms with van der Waals surface area (Å²) in [4.78, 5) is 0. The molecule has 1 aliphatic heterocycles. The van der Waals surface area contributed by atoms with E-state index in [0.29, 0.717) is 0 Å². The van der Waals surface area contributed by atoms with Gasteiger partial charge < -0.3 is 0 Å². The first-order valence-electron chi connectivity index (χ1n) is 9.99. The average Bonchev–Trinajstić information content (AvgIpc) is 2.68. The van der Waals surface area contributed by atoms with Gasteiger partial charge in [-0.1, -0.05) is 74.5 Å². The minimum absolute atomic E-state index is 0.373. The average molecular weight is 347 g/mol. The minimum Gasteiger partial charge on any atom is -0.0657 e. The first-order valence-corrected chi connectivity index (χ1v) is 12.4. The van der Waals surface area contributed by atoms with Crippen LogP contribution in [-0.4, -0.2) is 8.80 Å². The van der Waals surface area contributed by atoms with Crippen molar-refractivity contribution < 1.29 is 0 Å². The van der Waals surface area contributed by atoms with Crippen molar-refractivity contribution in [3.63, 3.8) is 0 Å². The van der Waals surface area contributed by atoms with E-state index in [1.165, 1.54) is 30.4 Å². The highest BCUT2D eigenvalue weighted by Gasteiger charge is 2.22. The molecule has 0 spiro atoms. The third-order valence-corrected chi connectivity index (χ3v) is 9.33. The van der Waals surface area contributed by atoms with Crippen molar-refractivity contribution in [2.45, 2.75) is 63.6 Å². The van der Waals surface area contributed by atoms with Gasteiger partial charge in [0.15, 0.2) is 0 Å². The van der Waals surface area contributed by atoms with Crippen molar-refractivity contribution in [2.75, 3.05) is 0 Å². The summed E-state index contributed by atoms with van der Waals surface area (Å²) in [5.41, 5.74) is 5.12. The van der Waals surface area contributed by atoms with Gasteiger partial charge in [0.1, 0.15) is 0 Å². The zero-order valence-corrected chi connectivity index (χ0v) is 16.9. The first-order chi connectivity index (χ1) is 12.3. The van der Waals surface area contributed by atoms with Crippen LogP contribution in [0.5, 0.6) is 0 Å². The molecule has 0 atom stereocenters. The fourth-order valence-corrected chi connectivity index (χ4v) is 7.43. The maximum Gasteiger partial charge on any atom is 0.0368 e. The summed E-state index contributed by atoms with van der Waals surface area (Å²) in [7, 11) is -0.373. The second-order valence-electron chi connectivity index (χ2n) is 7.43. The van der Waals surface area contributed by atoms with Crippen LogP contribution >= 0.6 is 0 Å². The van der Waals surface area contributed by atoms with Gasteiger partial charge in [0.25, 0.3) is 0 Å². The third kappa shape index (κ3) is 5.09. The lowest BCUT2D eigenvalue weighted by atomic mass is 9.93. The van der Waals surface area contributed by atoms with E-state index in [-0.39, 0.29) is 8.80 Å². The molecule has 0 aliphatic carbocycles. The van der Waals surface area contributed by atoms with Crippen molar-refractivity contribution in [1.82, 2.24) is 0 Å². The molecule has 25 heavy (non-hydrogen) atoms. The summed E-state index contributed by atoms with van der Waals surface area (Å²) in [5, 5.41) is 0. The zero-order chi connectivity index (χ0) is 17.5. The molecule has 0 nitrogen and oxygen atoms in total. The molecule has 1 heterocycles. The van der Waals surface area contributed by atoms with Crippen LogP contribution in [0, 0.1) is 11.8 Å². The Kier molecular flexibility index (Phi) is 6.53. The Labute approximate surface area is 155 Å². The van der Waals surface area contributed by atoms with Crippen LogP contribution in [0.15, 0.2) is 48.5 Å². The number of hydrogen-bond donors (Lipinski definition) is 0. The highest BCUT2D eigenvalue weighted by Crippen LogP contribution is 2.34. The molecule has 0 aromatic heterocycles. The van der Waals surface area contributed by atoms with E-state index in [2.05, 4.69) is 74.2 Å². The zero-order valence-electron chi connectivity index (χ0n) is 15.7. The van der Waals surface area contributed by atoms with Crippen LogP contribution in [0.1, 0.15) is 61.3 Å². The molecule has 2 aromatic rings. The highest BCUT2D eigenvalue weighted by atomic mass is 28.3. The van der Waals surface area contributed by atoms with Crippen molar-refractivity contribution in [3.8, 4) is 11.8 Å². The van der Waals surface area contributed by atoms with Gasteiger partial charge in [-0.15, -0.1) is 0 Å². The fourth-order valence-electron chi connectivity index (χ4n) is 4.00. The maximum atomic E-state index is 3.31. The SMILES string of the molecule is CCC[SiH]1CCC(c2ccc(C#Cc3ccc(CC)cc3)cc2)CC1. The summed E-state index contributed by atoms with van der Waals surface area (Å²) in [6, 6.07) is 22.3. The molecule has 0 saturated carbocycles. The van der Waals surface area contributed by atoms with Gasteiger partial charge in [0.05, 0.1) is 0 Å². The normalized spacial score (nSPS) is 19.9. The lowest BCUT2D eigenvalue weighted by Gasteiger charge is -2.27. The quantitative estimate of drug-likeness (QED) is 0.459. The van der Waals surface area contributed by atoms with Gasteiger partial charge in [-0.05, 0) is 60.6 Å². The van der Waals surface area contributed by atoms with Crippen LogP contribution < -0.4 is 0 Å². The van der Waals surface area contributed by atoms with Gasteiger partial charge in [-0.3, -0.25) is 0 Å². The van der Waals surface area contributed by atoms with Crippen molar-refractivity contribution in [2.24, 2.45) is 0 Å². The molecule has 1 aliphatic rings. The molecular formula is C24H30Si. The van der Waals surface area contributed by atoms with Crippen LogP contribution in [-0.2, 0) is 6.42 Å². The van der Waals surface area contributed by atoms with Crippen LogP contribution in [0.3, 0.4) is 0 Å². The number of rotatable bonds is 4. The predicted molar refractivity (Wildman–Crippen MR) is 112 cm³/mol. The Bertz CT molecular complexity index is 707. The summed E-state index contributed by atoms with van der Waals surface area (Å²) < 4.78 is 0. The van der Waals surface area contributed by atoms with Gasteiger partial charge in [-0.25, -0.2) is 0 Å². The standard InChI is InChI=1S/C24H30Si/c1-3-17-25-18-15-24(16-19-25)23-13-11-22(12-14-23)10-9-21-7-5-20(4-2)6-8-21/h5-8,11-14,24-25H,3-4,15-19H2,1-2H3. The largest absolute Gasteiger partial charge is 0.0657 e. The van der Waals surface area contributed by atoms with Crippen molar-refractivity contribution >= 4 is 8.80 Å². The third-order valence-electron chi connectivity index (χ3n) is 5.64. The van der Waals surface area contributed by atoms with E-state index >= 15 is 0 Å². The maximum absolute atomic E-state index is 3.31. The first kappa shape index (κ1) is 18.0. The monoisotopic (exact) mass is 346 g/mol. The van der Waals surface area contributed by atoms with Crippen LogP contribution in [0.2, 0.25) is 18.1 Å². The highest BCUT2D eigenvalue weighted by molar-refractivity contribution is 6.59. The molecule has 0 unspecified atom stereocenters. The van der Waals surface area contributed by atoms with E-state index < -0.39 is 0 Å². The summed E-state index contributed by atoms with van der Waals surface area (Å²) in [6.45, 7) is 4.53. The molecule has 1 heteroatoms. The second-order valence-corrected chi connectivity index (χ2v) is 10.9. The Morgan fingerprint density at radius 3 is 1.92 bits per heavy atom. The Morgan fingerprint density at radius 2 is 1.40 bits per heavy atom. The van der Waals surface area contributed by atoms with E-state index in [1.54, 1.807) is 18.1 Å². The molecule has 1 fully saturated rings. The number of benzene rings is 2.